The molecule has 4 nitrogen and oxygen atoms in total. The Labute approximate surface area is 124 Å². The highest BCUT2D eigenvalue weighted by atomic mass is 16.4. The smallest absolute Gasteiger partial charge is 0.339 e. The van der Waals surface area contributed by atoms with Gasteiger partial charge in [0.1, 0.15) is 16.9 Å². The minimum absolute atomic E-state index is 0.291. The molecule has 1 aromatic heterocycles. The lowest BCUT2D eigenvalue weighted by Crippen LogP contribution is -2.18. The number of aromatic carboxylic acids is 1. The van der Waals surface area contributed by atoms with Gasteiger partial charge in [-0.1, -0.05) is 43.9 Å². The van der Waals surface area contributed by atoms with Crippen molar-refractivity contribution in [3.63, 3.8) is 0 Å². The summed E-state index contributed by atoms with van der Waals surface area (Å²) in [6, 6.07) is 7.30. The van der Waals surface area contributed by atoms with Crippen molar-refractivity contribution in [2.24, 2.45) is 5.92 Å². The molecular formula is C17H21NO3. The zero-order valence-corrected chi connectivity index (χ0v) is 12.1. The van der Waals surface area contributed by atoms with Crippen LogP contribution < -0.4 is 5.32 Å². The Morgan fingerprint density at radius 2 is 2.05 bits per heavy atom. The minimum atomic E-state index is -0.924. The van der Waals surface area contributed by atoms with Gasteiger partial charge < -0.3 is 14.8 Å². The number of hydrogen-bond donors (Lipinski definition) is 2. The molecule has 1 aliphatic carbocycles. The molecule has 1 aliphatic rings. The van der Waals surface area contributed by atoms with Crippen molar-refractivity contribution in [2.45, 2.75) is 38.6 Å². The van der Waals surface area contributed by atoms with Crippen LogP contribution in [0.4, 0.5) is 0 Å². The molecular weight excluding hydrogens is 266 g/mol. The monoisotopic (exact) mass is 287 g/mol. The molecule has 1 heterocycles. The highest BCUT2D eigenvalue weighted by molar-refractivity contribution is 6.03. The third kappa shape index (κ3) is 3.10. The van der Waals surface area contributed by atoms with Gasteiger partial charge in [-0.2, -0.15) is 0 Å². The lowest BCUT2D eigenvalue weighted by atomic mass is 10.0. The van der Waals surface area contributed by atoms with Crippen molar-refractivity contribution in [3.05, 3.63) is 35.6 Å². The topological polar surface area (TPSA) is 62.5 Å². The van der Waals surface area contributed by atoms with E-state index in [4.69, 9.17) is 4.42 Å². The van der Waals surface area contributed by atoms with Crippen molar-refractivity contribution in [3.8, 4) is 0 Å². The van der Waals surface area contributed by atoms with Gasteiger partial charge in [0, 0.05) is 5.39 Å². The summed E-state index contributed by atoms with van der Waals surface area (Å²) in [5, 5.41) is 13.4. The first-order valence-corrected chi connectivity index (χ1v) is 7.70. The molecule has 2 aromatic rings. The summed E-state index contributed by atoms with van der Waals surface area (Å²) in [5.74, 6) is 0.440. The van der Waals surface area contributed by atoms with E-state index in [9.17, 15) is 9.90 Å². The van der Waals surface area contributed by atoms with Crippen LogP contribution in [0.2, 0.25) is 0 Å². The molecule has 0 aliphatic heterocycles. The first kappa shape index (κ1) is 14.1. The number of carboxylic acid groups (broad SMARTS) is 1. The van der Waals surface area contributed by atoms with Gasteiger partial charge in [0.2, 0.25) is 0 Å². The number of para-hydroxylation sites is 1. The standard InChI is InChI=1S/C17H21NO3/c19-17(20)16-13-7-3-4-8-14(13)21-15(16)11-18-10-9-12-5-1-2-6-12/h3-4,7-8,12,18H,1-2,5-6,9-11H2,(H,19,20). The molecule has 4 heteroatoms. The molecule has 0 unspecified atom stereocenters. The second kappa shape index (κ2) is 6.31. The summed E-state index contributed by atoms with van der Waals surface area (Å²) in [6.07, 6.45) is 6.57. The van der Waals surface area contributed by atoms with E-state index in [1.165, 1.54) is 32.1 Å². The molecule has 2 N–H and O–H groups in total. The van der Waals surface area contributed by atoms with Crippen LogP contribution in [0.5, 0.6) is 0 Å². The molecule has 21 heavy (non-hydrogen) atoms. The van der Waals surface area contributed by atoms with Gasteiger partial charge >= 0.3 is 5.97 Å². The molecule has 1 fully saturated rings. The van der Waals surface area contributed by atoms with Gasteiger partial charge in [0.05, 0.1) is 6.54 Å². The first-order chi connectivity index (χ1) is 10.3. The van der Waals surface area contributed by atoms with E-state index in [1.54, 1.807) is 6.07 Å². The Hall–Kier alpha value is -1.81. The Balaban J connectivity index is 1.65. The third-order valence-corrected chi connectivity index (χ3v) is 4.37. The summed E-state index contributed by atoms with van der Waals surface area (Å²) < 4.78 is 5.69. The van der Waals surface area contributed by atoms with Gasteiger partial charge in [0.25, 0.3) is 0 Å². The van der Waals surface area contributed by atoms with Crippen molar-refractivity contribution in [2.75, 3.05) is 6.54 Å². The van der Waals surface area contributed by atoms with Crippen LogP contribution in [0.15, 0.2) is 28.7 Å². The van der Waals surface area contributed by atoms with Crippen LogP contribution in [0, 0.1) is 5.92 Å². The molecule has 112 valence electrons. The van der Waals surface area contributed by atoms with Gasteiger partial charge in [-0.15, -0.1) is 0 Å². The Morgan fingerprint density at radius 3 is 2.81 bits per heavy atom. The summed E-state index contributed by atoms with van der Waals surface area (Å²) in [4.78, 5) is 11.5. The minimum Gasteiger partial charge on any atom is -0.478 e. The number of fused-ring (bicyclic) bond motifs is 1. The van der Waals surface area contributed by atoms with Crippen LogP contribution >= 0.6 is 0 Å². The maximum atomic E-state index is 11.5. The predicted octanol–water partition coefficient (Wildman–Crippen LogP) is 3.80. The van der Waals surface area contributed by atoms with Crippen molar-refractivity contribution in [1.82, 2.24) is 5.32 Å². The molecule has 0 radical (unpaired) electrons. The van der Waals surface area contributed by atoms with Crippen molar-refractivity contribution < 1.29 is 14.3 Å². The van der Waals surface area contributed by atoms with Crippen LogP contribution in [0.3, 0.4) is 0 Å². The lowest BCUT2D eigenvalue weighted by molar-refractivity contribution is 0.0696. The van der Waals surface area contributed by atoms with E-state index in [0.717, 1.165) is 12.5 Å². The summed E-state index contributed by atoms with van der Waals surface area (Å²) >= 11 is 0. The average molecular weight is 287 g/mol. The third-order valence-electron chi connectivity index (χ3n) is 4.37. The number of hydrogen-bond acceptors (Lipinski definition) is 3. The number of rotatable bonds is 6. The fourth-order valence-corrected chi connectivity index (χ4v) is 3.26. The van der Waals surface area contributed by atoms with E-state index in [0.29, 0.717) is 28.8 Å². The van der Waals surface area contributed by atoms with Crippen LogP contribution in [0.1, 0.15) is 48.2 Å². The maximum absolute atomic E-state index is 11.5. The van der Waals surface area contributed by atoms with Gasteiger partial charge in [-0.3, -0.25) is 0 Å². The zero-order valence-electron chi connectivity index (χ0n) is 12.1. The normalized spacial score (nSPS) is 15.8. The quantitative estimate of drug-likeness (QED) is 0.793. The van der Waals surface area contributed by atoms with E-state index in [-0.39, 0.29) is 0 Å². The van der Waals surface area contributed by atoms with E-state index in [2.05, 4.69) is 5.32 Å². The lowest BCUT2D eigenvalue weighted by Gasteiger charge is -2.09. The SMILES string of the molecule is O=C(O)c1c(CNCCC2CCCC2)oc2ccccc12. The second-order valence-electron chi connectivity index (χ2n) is 5.82. The highest BCUT2D eigenvalue weighted by Crippen LogP contribution is 2.28. The van der Waals surface area contributed by atoms with Crippen molar-refractivity contribution in [1.29, 1.82) is 0 Å². The number of carbonyl (C=O) groups is 1. The van der Waals surface area contributed by atoms with Crippen molar-refractivity contribution >= 4 is 16.9 Å². The molecule has 3 rings (SSSR count). The van der Waals surface area contributed by atoms with E-state index < -0.39 is 5.97 Å². The Morgan fingerprint density at radius 1 is 1.29 bits per heavy atom. The summed E-state index contributed by atoms with van der Waals surface area (Å²) in [7, 11) is 0. The fraction of sp³-hybridized carbons (Fsp3) is 0.471. The molecule has 0 bridgehead atoms. The van der Waals surface area contributed by atoms with E-state index in [1.807, 2.05) is 18.2 Å². The average Bonchev–Trinajstić information content (AvgIpc) is 3.10. The van der Waals surface area contributed by atoms with Crippen LogP contribution in [-0.2, 0) is 6.54 Å². The molecule has 0 saturated heterocycles. The highest BCUT2D eigenvalue weighted by Gasteiger charge is 2.20. The Kier molecular flexibility index (Phi) is 4.25. The predicted molar refractivity (Wildman–Crippen MR) is 81.5 cm³/mol. The van der Waals surface area contributed by atoms with Gasteiger partial charge in [0.15, 0.2) is 0 Å². The number of carboxylic acids is 1. The van der Waals surface area contributed by atoms with Gasteiger partial charge in [-0.05, 0) is 24.9 Å². The largest absolute Gasteiger partial charge is 0.478 e. The maximum Gasteiger partial charge on any atom is 0.339 e. The van der Waals surface area contributed by atoms with Gasteiger partial charge in [-0.25, -0.2) is 4.79 Å². The zero-order chi connectivity index (χ0) is 14.7. The molecule has 0 amide bonds. The van der Waals surface area contributed by atoms with Crippen LogP contribution in [-0.4, -0.2) is 17.6 Å². The molecule has 0 atom stereocenters. The first-order valence-electron chi connectivity index (χ1n) is 7.70. The fourth-order valence-electron chi connectivity index (χ4n) is 3.26. The Bertz CT molecular complexity index is 626. The second-order valence-corrected chi connectivity index (χ2v) is 5.82. The van der Waals surface area contributed by atoms with Crippen LogP contribution in [0.25, 0.3) is 11.0 Å². The summed E-state index contributed by atoms with van der Waals surface area (Å²) in [6.45, 7) is 1.39. The molecule has 0 spiro atoms. The molecule has 1 saturated carbocycles. The summed E-state index contributed by atoms with van der Waals surface area (Å²) in [5.41, 5.74) is 0.932. The number of furan rings is 1. The van der Waals surface area contributed by atoms with E-state index >= 15 is 0 Å². The molecule has 1 aromatic carbocycles. The number of nitrogens with one attached hydrogen (secondary N) is 1. The number of benzene rings is 1.